The van der Waals surface area contributed by atoms with Gasteiger partial charge in [-0.15, -0.1) is 0 Å². The third-order valence-electron chi connectivity index (χ3n) is 8.87. The van der Waals surface area contributed by atoms with Crippen molar-refractivity contribution >= 4 is 25.5 Å². The average Bonchev–Trinajstić information content (AvgIpc) is 3.18. The second-order valence-electron chi connectivity index (χ2n) is 15.8. The van der Waals surface area contributed by atoms with Crippen LogP contribution in [0, 0.1) is 0 Å². The molecule has 0 rings (SSSR count). The first kappa shape index (κ1) is 55.9. The van der Waals surface area contributed by atoms with Gasteiger partial charge < -0.3 is 18.9 Å². The average molecular weight is 847 g/mol. The molecule has 0 aliphatic heterocycles. The first-order chi connectivity index (χ1) is 28.4. The van der Waals surface area contributed by atoms with Gasteiger partial charge in [0.25, 0.3) is 0 Å². The monoisotopic (exact) mass is 847 g/mol. The molecule has 0 spiro atoms. The van der Waals surface area contributed by atoms with Crippen LogP contribution >= 0.6 is 7.82 Å². The van der Waals surface area contributed by atoms with E-state index < -0.39 is 32.5 Å². The predicted octanol–water partition coefficient (Wildman–Crippen LogP) is 12.0. The Morgan fingerprint density at radius 3 is 1.68 bits per heavy atom. The van der Waals surface area contributed by atoms with Crippen molar-refractivity contribution in [1.82, 2.24) is 0 Å². The number of quaternary nitrogens is 1. The number of allylic oxidation sites excluding steroid dienone is 14. The first-order valence-corrected chi connectivity index (χ1v) is 23.8. The molecule has 2 atom stereocenters. The highest BCUT2D eigenvalue weighted by Crippen LogP contribution is 2.43. The van der Waals surface area contributed by atoms with E-state index in [4.69, 9.17) is 18.5 Å². The fourth-order valence-corrected chi connectivity index (χ4v) is 6.07. The number of carbonyl (C=O) groups excluding carboxylic acids is 3. The largest absolute Gasteiger partial charge is 0.472 e. The van der Waals surface area contributed by atoms with Gasteiger partial charge in [-0.25, -0.2) is 4.57 Å². The van der Waals surface area contributed by atoms with Crippen molar-refractivity contribution in [3.8, 4) is 0 Å². The number of phosphoric ester groups is 1. The highest BCUT2D eigenvalue weighted by atomic mass is 31.2. The Hall–Kier alpha value is -3.14. The fraction of sp³-hybridized carbons (Fsp3) is 0.646. The number of esters is 2. The predicted molar refractivity (Wildman–Crippen MR) is 243 cm³/mol. The highest BCUT2D eigenvalue weighted by molar-refractivity contribution is 7.47. The van der Waals surface area contributed by atoms with E-state index >= 15 is 0 Å². The number of unbranched alkanes of at least 4 members (excludes halogenated alkanes) is 10. The summed E-state index contributed by atoms with van der Waals surface area (Å²) < 4.78 is 34.1. The number of hydrogen-bond acceptors (Lipinski definition) is 8. The number of ether oxygens (including phenoxy) is 2. The molecule has 0 aromatic heterocycles. The number of nitrogens with zero attached hydrogens (tertiary/aromatic N) is 1. The van der Waals surface area contributed by atoms with Gasteiger partial charge in [0.1, 0.15) is 19.8 Å². The lowest BCUT2D eigenvalue weighted by Gasteiger charge is -2.24. The van der Waals surface area contributed by atoms with Crippen molar-refractivity contribution in [2.24, 2.45) is 0 Å². The molecule has 0 amide bonds. The van der Waals surface area contributed by atoms with E-state index in [0.717, 1.165) is 51.4 Å². The summed E-state index contributed by atoms with van der Waals surface area (Å²) in [6.45, 7) is 4.09. The first-order valence-electron chi connectivity index (χ1n) is 22.3. The molecule has 0 aromatic carbocycles. The number of carbonyl (C=O) groups is 3. The maximum atomic E-state index is 12.7. The van der Waals surface area contributed by atoms with E-state index in [9.17, 15) is 23.8 Å². The van der Waals surface area contributed by atoms with Crippen LogP contribution in [0.25, 0.3) is 0 Å². The van der Waals surface area contributed by atoms with Crippen molar-refractivity contribution in [3.63, 3.8) is 0 Å². The Bertz CT molecular complexity index is 1340. The SMILES string of the molecule is CCCCCCCC/C=C\C/C=C\C/C=C\CCCC(=O)O[C@H](COC(=O)CCC/C=C\C/C=C\C/C=C\C=C\C(=O)CCCCC)COP(=O)(O)OCC[N+](C)(C)C. The molecule has 336 valence electrons. The maximum Gasteiger partial charge on any atom is 0.472 e. The van der Waals surface area contributed by atoms with Crippen LogP contribution in [-0.4, -0.2) is 80.7 Å². The second-order valence-corrected chi connectivity index (χ2v) is 17.2. The summed E-state index contributed by atoms with van der Waals surface area (Å²) in [5.74, 6) is -0.801. The van der Waals surface area contributed by atoms with Gasteiger partial charge in [0.2, 0.25) is 0 Å². The standard InChI is InChI=1S/C48H80NO9P/c1-6-8-10-11-12-13-14-15-16-17-18-19-22-26-29-32-36-40-48(52)58-46(44-57-59(53,54)56-42-41-49(3,4)5)43-55-47(51)39-35-31-28-25-23-20-21-24-27-30-34-38-45(50)37-33-9-7-2/h15-16,18-21,25-30,34,38,46H,6-14,17,22-24,31-33,35-37,39-44H2,1-5H3/p+1/b16-15-,19-18-,21-20-,28-25-,29-26-,30-27-,38-34+/t46-/m1/s1. The van der Waals surface area contributed by atoms with Crippen LogP contribution in [0.15, 0.2) is 85.1 Å². The van der Waals surface area contributed by atoms with Crippen LogP contribution in [0.5, 0.6) is 0 Å². The summed E-state index contributed by atoms with van der Waals surface area (Å²) in [7, 11) is 1.37. The summed E-state index contributed by atoms with van der Waals surface area (Å²) in [5, 5.41) is 0. The van der Waals surface area contributed by atoms with Gasteiger partial charge in [0, 0.05) is 19.3 Å². The number of likely N-dealkylation sites (N-methyl/N-ethyl adjacent to an activating group) is 1. The molecule has 0 fully saturated rings. The van der Waals surface area contributed by atoms with E-state index in [1.165, 1.54) is 38.5 Å². The van der Waals surface area contributed by atoms with Crippen molar-refractivity contribution < 1.29 is 46.8 Å². The van der Waals surface area contributed by atoms with E-state index in [1.807, 2.05) is 51.5 Å². The van der Waals surface area contributed by atoms with Crippen molar-refractivity contribution in [2.75, 3.05) is 47.5 Å². The Balaban J connectivity index is 4.59. The van der Waals surface area contributed by atoms with Crippen molar-refractivity contribution in [2.45, 2.75) is 155 Å². The molecule has 0 aliphatic carbocycles. The second kappa shape index (κ2) is 39.0. The highest BCUT2D eigenvalue weighted by Gasteiger charge is 2.27. The molecule has 59 heavy (non-hydrogen) atoms. The molecular formula is C48H81NO9P+. The molecule has 0 saturated heterocycles. The lowest BCUT2D eigenvalue weighted by Crippen LogP contribution is -2.37. The van der Waals surface area contributed by atoms with Gasteiger partial charge >= 0.3 is 19.8 Å². The third-order valence-corrected chi connectivity index (χ3v) is 9.86. The van der Waals surface area contributed by atoms with Crippen LogP contribution in [0.2, 0.25) is 0 Å². The molecule has 0 bridgehead atoms. The molecule has 1 unspecified atom stereocenters. The Morgan fingerprint density at radius 2 is 1.08 bits per heavy atom. The van der Waals surface area contributed by atoms with E-state index in [-0.39, 0.29) is 31.8 Å². The van der Waals surface area contributed by atoms with E-state index in [1.54, 1.807) is 12.2 Å². The quantitative estimate of drug-likeness (QED) is 0.0122. The van der Waals surface area contributed by atoms with Crippen molar-refractivity contribution in [3.05, 3.63) is 85.1 Å². The number of rotatable bonds is 39. The van der Waals surface area contributed by atoms with Gasteiger partial charge in [0.05, 0.1) is 27.7 Å². The summed E-state index contributed by atoms with van der Waals surface area (Å²) in [6, 6.07) is 0. The summed E-state index contributed by atoms with van der Waals surface area (Å²) in [6.07, 6.45) is 46.3. The van der Waals surface area contributed by atoms with Crippen LogP contribution in [-0.2, 0) is 37.5 Å². The zero-order valence-electron chi connectivity index (χ0n) is 37.4. The topological polar surface area (TPSA) is 125 Å². The summed E-state index contributed by atoms with van der Waals surface area (Å²) >= 11 is 0. The van der Waals surface area contributed by atoms with Gasteiger partial charge in [-0.2, -0.15) is 0 Å². The summed E-state index contributed by atoms with van der Waals surface area (Å²) in [4.78, 5) is 47.1. The van der Waals surface area contributed by atoms with Gasteiger partial charge in [-0.3, -0.25) is 23.4 Å². The fourth-order valence-electron chi connectivity index (χ4n) is 5.33. The minimum absolute atomic E-state index is 0.000306. The van der Waals surface area contributed by atoms with Crippen LogP contribution in [0.1, 0.15) is 149 Å². The van der Waals surface area contributed by atoms with Crippen LogP contribution < -0.4 is 0 Å². The number of ketones is 1. The Kier molecular flexibility index (Phi) is 36.9. The molecule has 0 aromatic rings. The van der Waals surface area contributed by atoms with Crippen LogP contribution in [0.4, 0.5) is 0 Å². The lowest BCUT2D eigenvalue weighted by molar-refractivity contribution is -0.870. The molecule has 1 N–H and O–H groups in total. The lowest BCUT2D eigenvalue weighted by atomic mass is 10.1. The molecule has 0 saturated carbocycles. The van der Waals surface area contributed by atoms with Gasteiger partial charge in [-0.1, -0.05) is 138 Å². The number of phosphoric acid groups is 1. The molecule has 0 heterocycles. The Morgan fingerprint density at radius 1 is 0.576 bits per heavy atom. The van der Waals surface area contributed by atoms with E-state index in [0.29, 0.717) is 43.1 Å². The van der Waals surface area contributed by atoms with Gasteiger partial charge in [-0.05, 0) is 76.7 Å². The van der Waals surface area contributed by atoms with Crippen LogP contribution in [0.3, 0.4) is 0 Å². The molecule has 0 aliphatic rings. The van der Waals surface area contributed by atoms with Gasteiger partial charge in [0.15, 0.2) is 11.9 Å². The molecule has 10 nitrogen and oxygen atoms in total. The van der Waals surface area contributed by atoms with Crippen molar-refractivity contribution in [1.29, 1.82) is 0 Å². The zero-order chi connectivity index (χ0) is 43.7. The summed E-state index contributed by atoms with van der Waals surface area (Å²) in [5.41, 5.74) is 0. The minimum Gasteiger partial charge on any atom is -0.462 e. The third kappa shape index (κ3) is 42.8. The molecular weight excluding hydrogens is 766 g/mol. The number of hydrogen-bond donors (Lipinski definition) is 1. The molecule has 0 radical (unpaired) electrons. The molecule has 11 heteroatoms. The normalized spacial score (nSPS) is 14.3. The Labute approximate surface area is 358 Å². The minimum atomic E-state index is -4.42. The maximum absolute atomic E-state index is 12.7. The zero-order valence-corrected chi connectivity index (χ0v) is 38.3. The van der Waals surface area contributed by atoms with E-state index in [2.05, 4.69) is 56.4 Å². The smallest absolute Gasteiger partial charge is 0.462 e.